The number of carbonyl (C=O) groups excluding carboxylic acids is 1. The molecule has 122 valence electrons. The summed E-state index contributed by atoms with van der Waals surface area (Å²) in [6, 6.07) is 23.3. The predicted octanol–water partition coefficient (Wildman–Crippen LogP) is 4.12. The lowest BCUT2D eigenvalue weighted by Crippen LogP contribution is -2.14. The van der Waals surface area contributed by atoms with E-state index in [2.05, 4.69) is 64.8 Å². The van der Waals surface area contributed by atoms with Crippen molar-refractivity contribution in [2.75, 3.05) is 4.90 Å². The third-order valence-electron chi connectivity index (χ3n) is 5.23. The first kappa shape index (κ1) is 14.3. The lowest BCUT2D eigenvalue weighted by atomic mass is 9.97. The van der Waals surface area contributed by atoms with Gasteiger partial charge in [0.05, 0.1) is 0 Å². The summed E-state index contributed by atoms with van der Waals surface area (Å²) < 4.78 is 0. The molecular formula is C22H18N2O. The van der Waals surface area contributed by atoms with Crippen LogP contribution in [0.15, 0.2) is 66.7 Å². The molecule has 25 heavy (non-hydrogen) atoms. The number of hydrogen-bond donors (Lipinski definition) is 1. The van der Waals surface area contributed by atoms with Gasteiger partial charge in [-0.25, -0.2) is 0 Å². The number of rotatable bonds is 2. The Balaban J connectivity index is 1.45. The predicted molar refractivity (Wildman–Crippen MR) is 99.4 cm³/mol. The van der Waals surface area contributed by atoms with Crippen LogP contribution in [-0.2, 0) is 19.6 Å². The fourth-order valence-corrected chi connectivity index (χ4v) is 3.89. The van der Waals surface area contributed by atoms with E-state index >= 15 is 0 Å². The lowest BCUT2D eigenvalue weighted by Gasteiger charge is -2.18. The second-order valence-corrected chi connectivity index (χ2v) is 6.69. The third kappa shape index (κ3) is 2.31. The van der Waals surface area contributed by atoms with Gasteiger partial charge in [-0.3, -0.25) is 4.79 Å². The van der Waals surface area contributed by atoms with Crippen LogP contribution in [0.1, 0.15) is 27.0 Å². The molecule has 3 nitrogen and oxygen atoms in total. The Labute approximate surface area is 146 Å². The van der Waals surface area contributed by atoms with E-state index in [-0.39, 0.29) is 5.91 Å². The molecule has 0 atom stereocenters. The highest BCUT2D eigenvalue weighted by Crippen LogP contribution is 2.32. The highest BCUT2D eigenvalue weighted by Gasteiger charge is 2.22. The summed E-state index contributed by atoms with van der Waals surface area (Å²) in [5, 5.41) is 2.91. The van der Waals surface area contributed by atoms with Crippen LogP contribution >= 0.6 is 0 Å². The number of anilines is 1. The number of amides is 1. The van der Waals surface area contributed by atoms with Gasteiger partial charge in [-0.05, 0) is 46.0 Å². The van der Waals surface area contributed by atoms with Gasteiger partial charge in [0.25, 0.3) is 5.91 Å². The topological polar surface area (TPSA) is 32.3 Å². The van der Waals surface area contributed by atoms with Crippen LogP contribution in [0.2, 0.25) is 0 Å². The molecule has 3 aromatic carbocycles. The summed E-state index contributed by atoms with van der Waals surface area (Å²) in [6.07, 6.45) is 0. The third-order valence-corrected chi connectivity index (χ3v) is 5.23. The van der Waals surface area contributed by atoms with Crippen molar-refractivity contribution in [1.82, 2.24) is 5.32 Å². The SMILES string of the molecule is O=C1NCc2c1cccc2-c1ccc(N2Cc3ccccc3C2)cc1. The van der Waals surface area contributed by atoms with Crippen molar-refractivity contribution in [3.63, 3.8) is 0 Å². The largest absolute Gasteiger partial charge is 0.363 e. The Hall–Kier alpha value is -3.07. The van der Waals surface area contributed by atoms with Crippen LogP contribution in [0, 0.1) is 0 Å². The van der Waals surface area contributed by atoms with Crippen molar-refractivity contribution in [3.05, 3.63) is 89.0 Å². The number of nitrogens with one attached hydrogen (secondary N) is 1. The van der Waals surface area contributed by atoms with Gasteiger partial charge in [0.1, 0.15) is 0 Å². The van der Waals surface area contributed by atoms with E-state index in [0.717, 1.165) is 35.3 Å². The van der Waals surface area contributed by atoms with Crippen molar-refractivity contribution in [1.29, 1.82) is 0 Å². The maximum atomic E-state index is 11.9. The number of hydrogen-bond acceptors (Lipinski definition) is 2. The van der Waals surface area contributed by atoms with Gasteiger partial charge in [-0.15, -0.1) is 0 Å². The Kier molecular flexibility index (Phi) is 3.14. The fourth-order valence-electron chi connectivity index (χ4n) is 3.89. The average Bonchev–Trinajstić information content (AvgIpc) is 3.26. The molecule has 0 bridgehead atoms. The molecule has 0 saturated heterocycles. The lowest BCUT2D eigenvalue weighted by molar-refractivity contribution is 0.0966. The van der Waals surface area contributed by atoms with Gasteiger partial charge in [0.15, 0.2) is 0 Å². The minimum Gasteiger partial charge on any atom is -0.363 e. The van der Waals surface area contributed by atoms with Crippen molar-refractivity contribution >= 4 is 11.6 Å². The summed E-state index contributed by atoms with van der Waals surface area (Å²) in [6.45, 7) is 2.55. The molecule has 1 amide bonds. The summed E-state index contributed by atoms with van der Waals surface area (Å²) >= 11 is 0. The molecule has 5 rings (SSSR count). The van der Waals surface area contributed by atoms with Gasteiger partial charge >= 0.3 is 0 Å². The second kappa shape index (κ2) is 5.49. The van der Waals surface area contributed by atoms with Crippen molar-refractivity contribution in [3.8, 4) is 11.1 Å². The molecule has 3 heteroatoms. The number of fused-ring (bicyclic) bond motifs is 2. The molecule has 0 fully saturated rings. The standard InChI is InChI=1S/C22H18N2O/c25-22-20-7-3-6-19(21(20)12-23-22)15-8-10-18(11-9-15)24-13-16-4-1-2-5-17(16)14-24/h1-11H,12-14H2,(H,23,25). The summed E-state index contributed by atoms with van der Waals surface area (Å²) in [5.41, 5.74) is 8.28. The first-order chi connectivity index (χ1) is 12.3. The Morgan fingerprint density at radius 3 is 2.16 bits per heavy atom. The zero-order valence-electron chi connectivity index (χ0n) is 13.8. The zero-order valence-corrected chi connectivity index (χ0v) is 13.8. The highest BCUT2D eigenvalue weighted by molar-refractivity contribution is 6.00. The van der Waals surface area contributed by atoms with Gasteiger partial charge in [-0.1, -0.05) is 48.5 Å². The van der Waals surface area contributed by atoms with E-state index in [0.29, 0.717) is 6.54 Å². The fraction of sp³-hybridized carbons (Fsp3) is 0.136. The monoisotopic (exact) mass is 326 g/mol. The average molecular weight is 326 g/mol. The minimum atomic E-state index is 0.0308. The molecule has 2 aliphatic rings. The van der Waals surface area contributed by atoms with Gasteiger partial charge < -0.3 is 10.2 Å². The van der Waals surface area contributed by atoms with Crippen LogP contribution in [0.5, 0.6) is 0 Å². The Bertz CT molecular complexity index is 951. The van der Waals surface area contributed by atoms with Crippen LogP contribution in [-0.4, -0.2) is 5.91 Å². The van der Waals surface area contributed by atoms with E-state index < -0.39 is 0 Å². The normalized spacial score (nSPS) is 15.0. The molecule has 0 spiro atoms. The van der Waals surface area contributed by atoms with E-state index in [1.165, 1.54) is 16.8 Å². The molecular weight excluding hydrogens is 308 g/mol. The summed E-state index contributed by atoms with van der Waals surface area (Å²) in [7, 11) is 0. The summed E-state index contributed by atoms with van der Waals surface area (Å²) in [5.74, 6) is 0.0308. The summed E-state index contributed by atoms with van der Waals surface area (Å²) in [4.78, 5) is 14.3. The van der Waals surface area contributed by atoms with Gasteiger partial charge in [-0.2, -0.15) is 0 Å². The molecule has 3 aromatic rings. The van der Waals surface area contributed by atoms with Crippen molar-refractivity contribution in [2.24, 2.45) is 0 Å². The number of benzene rings is 3. The van der Waals surface area contributed by atoms with E-state index in [1.807, 2.05) is 12.1 Å². The van der Waals surface area contributed by atoms with Gasteiger partial charge in [0, 0.05) is 30.9 Å². The first-order valence-electron chi connectivity index (χ1n) is 8.62. The highest BCUT2D eigenvalue weighted by atomic mass is 16.1. The van der Waals surface area contributed by atoms with E-state index in [4.69, 9.17) is 0 Å². The molecule has 2 heterocycles. The number of carbonyl (C=O) groups is 1. The van der Waals surface area contributed by atoms with E-state index in [9.17, 15) is 4.79 Å². The van der Waals surface area contributed by atoms with Crippen LogP contribution in [0.4, 0.5) is 5.69 Å². The second-order valence-electron chi connectivity index (χ2n) is 6.69. The molecule has 2 aliphatic heterocycles. The van der Waals surface area contributed by atoms with Crippen molar-refractivity contribution in [2.45, 2.75) is 19.6 Å². The van der Waals surface area contributed by atoms with Crippen LogP contribution in [0.3, 0.4) is 0 Å². The molecule has 0 aromatic heterocycles. The maximum absolute atomic E-state index is 11.9. The zero-order chi connectivity index (χ0) is 16.8. The van der Waals surface area contributed by atoms with E-state index in [1.54, 1.807) is 0 Å². The smallest absolute Gasteiger partial charge is 0.251 e. The van der Waals surface area contributed by atoms with Crippen LogP contribution in [0.25, 0.3) is 11.1 Å². The molecule has 1 N–H and O–H groups in total. The number of nitrogens with zero attached hydrogens (tertiary/aromatic N) is 1. The van der Waals surface area contributed by atoms with Gasteiger partial charge in [0.2, 0.25) is 0 Å². The van der Waals surface area contributed by atoms with Crippen molar-refractivity contribution < 1.29 is 4.79 Å². The first-order valence-corrected chi connectivity index (χ1v) is 8.62. The molecule has 0 saturated carbocycles. The molecule has 0 unspecified atom stereocenters. The molecule has 0 aliphatic carbocycles. The van der Waals surface area contributed by atoms with Crippen LogP contribution < -0.4 is 10.2 Å². The maximum Gasteiger partial charge on any atom is 0.251 e. The molecule has 0 radical (unpaired) electrons. The Morgan fingerprint density at radius 1 is 0.760 bits per heavy atom. The quantitative estimate of drug-likeness (QED) is 0.768. The Morgan fingerprint density at radius 2 is 1.44 bits per heavy atom. The minimum absolute atomic E-state index is 0.0308.